The largest absolute Gasteiger partial charge is 0.480 e. The number of hydrogen-bond donors (Lipinski definition) is 5. The summed E-state index contributed by atoms with van der Waals surface area (Å²) in [6.45, 7) is 1.42. The molecular formula is C17H27NO7. The molecule has 1 aliphatic heterocycles. The monoisotopic (exact) mass is 357 g/mol. The molecule has 1 saturated carbocycles. The third-order valence-corrected chi connectivity index (χ3v) is 5.05. The van der Waals surface area contributed by atoms with Gasteiger partial charge in [-0.3, -0.25) is 4.79 Å². The highest BCUT2D eigenvalue weighted by Crippen LogP contribution is 2.27. The molecular weight excluding hydrogens is 330 g/mol. The van der Waals surface area contributed by atoms with Crippen LogP contribution in [0.1, 0.15) is 39.0 Å². The molecule has 0 radical (unpaired) electrons. The van der Waals surface area contributed by atoms with E-state index in [4.69, 9.17) is 9.84 Å². The van der Waals surface area contributed by atoms with E-state index in [-0.39, 0.29) is 18.4 Å². The van der Waals surface area contributed by atoms with E-state index in [1.807, 2.05) is 0 Å². The van der Waals surface area contributed by atoms with Gasteiger partial charge in [0.2, 0.25) is 11.7 Å². The number of carboxylic acid groups (broad SMARTS) is 1. The zero-order chi connectivity index (χ0) is 18.6. The van der Waals surface area contributed by atoms with Gasteiger partial charge in [-0.25, -0.2) is 4.79 Å². The standard InChI is InChI=1S/C17H27NO7/c1-9-11(19)7-13(17(23)24)25-15(9)14(21)12(20)8-18-16(22)10-5-3-2-4-6-10/h7,9-12,14-15,19-21H,2-6,8H2,1H3,(H,18,22)(H,23,24)/t9-,11?,12+,14+,15?/m1/s1. The van der Waals surface area contributed by atoms with Crippen molar-refractivity contribution in [3.8, 4) is 0 Å². The van der Waals surface area contributed by atoms with E-state index in [0.29, 0.717) is 0 Å². The molecule has 0 aromatic heterocycles. The predicted molar refractivity (Wildman–Crippen MR) is 87.4 cm³/mol. The van der Waals surface area contributed by atoms with E-state index < -0.39 is 42.1 Å². The van der Waals surface area contributed by atoms with Crippen LogP contribution in [0.4, 0.5) is 0 Å². The van der Waals surface area contributed by atoms with Crippen LogP contribution < -0.4 is 5.32 Å². The Bertz CT molecular complexity index is 515. The third kappa shape index (κ3) is 4.93. The van der Waals surface area contributed by atoms with Gasteiger partial charge in [0.15, 0.2) is 0 Å². The molecule has 0 aromatic rings. The normalized spacial score (nSPS) is 29.9. The summed E-state index contributed by atoms with van der Waals surface area (Å²) in [6, 6.07) is 0. The molecule has 1 fully saturated rings. The van der Waals surface area contributed by atoms with Crippen LogP contribution in [0.3, 0.4) is 0 Å². The van der Waals surface area contributed by atoms with Crippen LogP contribution in [-0.4, -0.2) is 63.3 Å². The number of aliphatic carboxylic acids is 1. The van der Waals surface area contributed by atoms with Crippen LogP contribution >= 0.6 is 0 Å². The number of carboxylic acids is 1. The molecule has 0 bridgehead atoms. The molecule has 1 heterocycles. The molecule has 2 rings (SSSR count). The van der Waals surface area contributed by atoms with Gasteiger partial charge < -0.3 is 30.5 Å². The Labute approximate surface area is 146 Å². The van der Waals surface area contributed by atoms with Crippen molar-refractivity contribution in [1.82, 2.24) is 5.32 Å². The Morgan fingerprint density at radius 3 is 2.52 bits per heavy atom. The molecule has 2 unspecified atom stereocenters. The van der Waals surface area contributed by atoms with Crippen molar-refractivity contribution in [2.75, 3.05) is 6.54 Å². The predicted octanol–water partition coefficient (Wildman–Crippen LogP) is -0.231. The lowest BCUT2D eigenvalue weighted by Crippen LogP contribution is -2.51. The fourth-order valence-electron chi connectivity index (χ4n) is 3.35. The highest BCUT2D eigenvalue weighted by Gasteiger charge is 2.40. The zero-order valence-corrected chi connectivity index (χ0v) is 14.3. The summed E-state index contributed by atoms with van der Waals surface area (Å²) in [5.41, 5.74) is 0. The highest BCUT2D eigenvalue weighted by molar-refractivity contribution is 5.84. The van der Waals surface area contributed by atoms with E-state index in [1.54, 1.807) is 6.92 Å². The Balaban J connectivity index is 1.90. The summed E-state index contributed by atoms with van der Waals surface area (Å²) < 4.78 is 5.22. The Morgan fingerprint density at radius 2 is 1.92 bits per heavy atom. The molecule has 5 atom stereocenters. The molecule has 1 aliphatic carbocycles. The maximum Gasteiger partial charge on any atom is 0.370 e. The SMILES string of the molecule is C[C@@H]1C(O)C=C(C(=O)O)OC1[C@@H](O)[C@@H](O)CNC(=O)C1CCCCC1. The summed E-state index contributed by atoms with van der Waals surface area (Å²) in [6.07, 6.45) is 0.892. The molecule has 0 spiro atoms. The van der Waals surface area contributed by atoms with Crippen LogP contribution in [0.2, 0.25) is 0 Å². The number of aliphatic hydroxyl groups is 3. The summed E-state index contributed by atoms with van der Waals surface area (Å²) in [5, 5.41) is 42.0. The first-order chi connectivity index (χ1) is 11.8. The number of nitrogens with one attached hydrogen (secondary N) is 1. The van der Waals surface area contributed by atoms with Crippen molar-refractivity contribution in [3.63, 3.8) is 0 Å². The Morgan fingerprint density at radius 1 is 1.28 bits per heavy atom. The van der Waals surface area contributed by atoms with Crippen molar-refractivity contribution in [2.45, 2.75) is 63.4 Å². The van der Waals surface area contributed by atoms with Gasteiger partial charge in [0, 0.05) is 18.4 Å². The fourth-order valence-corrected chi connectivity index (χ4v) is 3.35. The quantitative estimate of drug-likeness (QED) is 0.443. The number of hydrogen-bond acceptors (Lipinski definition) is 6. The number of carbonyl (C=O) groups excluding carboxylic acids is 1. The first kappa shape index (κ1) is 19.7. The smallest absolute Gasteiger partial charge is 0.370 e. The summed E-state index contributed by atoms with van der Waals surface area (Å²) in [5.74, 6) is -2.64. The first-order valence-corrected chi connectivity index (χ1v) is 8.75. The fraction of sp³-hybridized carbons (Fsp3) is 0.765. The lowest BCUT2D eigenvalue weighted by Gasteiger charge is -2.36. The minimum atomic E-state index is -1.45. The van der Waals surface area contributed by atoms with Gasteiger partial charge in [0.25, 0.3) is 0 Å². The molecule has 2 aliphatic rings. The van der Waals surface area contributed by atoms with Gasteiger partial charge in [-0.05, 0) is 18.9 Å². The van der Waals surface area contributed by atoms with Gasteiger partial charge in [0.1, 0.15) is 18.3 Å². The van der Waals surface area contributed by atoms with E-state index in [1.165, 1.54) is 0 Å². The number of rotatable bonds is 6. The molecule has 25 heavy (non-hydrogen) atoms. The summed E-state index contributed by atoms with van der Waals surface area (Å²) in [4.78, 5) is 23.1. The lowest BCUT2D eigenvalue weighted by molar-refractivity contribution is -0.149. The van der Waals surface area contributed by atoms with Crippen molar-refractivity contribution in [1.29, 1.82) is 0 Å². The Kier molecular flexibility index (Phi) is 6.80. The van der Waals surface area contributed by atoms with Gasteiger partial charge in [-0.1, -0.05) is 26.2 Å². The average molecular weight is 357 g/mol. The van der Waals surface area contributed by atoms with Crippen LogP contribution in [0, 0.1) is 11.8 Å². The van der Waals surface area contributed by atoms with E-state index in [0.717, 1.165) is 38.2 Å². The molecule has 8 nitrogen and oxygen atoms in total. The van der Waals surface area contributed by atoms with Crippen LogP contribution in [-0.2, 0) is 14.3 Å². The van der Waals surface area contributed by atoms with Crippen molar-refractivity contribution in [2.24, 2.45) is 11.8 Å². The summed E-state index contributed by atoms with van der Waals surface area (Å²) in [7, 11) is 0. The average Bonchev–Trinajstić information content (AvgIpc) is 2.61. The number of amides is 1. The van der Waals surface area contributed by atoms with Crippen LogP contribution in [0.5, 0.6) is 0 Å². The van der Waals surface area contributed by atoms with Gasteiger partial charge >= 0.3 is 5.97 Å². The maximum atomic E-state index is 12.1. The maximum absolute atomic E-state index is 12.1. The zero-order valence-electron chi connectivity index (χ0n) is 14.3. The molecule has 0 saturated heterocycles. The third-order valence-electron chi connectivity index (χ3n) is 5.05. The number of ether oxygens (including phenoxy) is 1. The highest BCUT2D eigenvalue weighted by atomic mass is 16.5. The van der Waals surface area contributed by atoms with E-state index in [9.17, 15) is 24.9 Å². The molecule has 8 heteroatoms. The lowest BCUT2D eigenvalue weighted by atomic mass is 9.88. The second-order valence-electron chi connectivity index (χ2n) is 6.91. The molecule has 1 amide bonds. The van der Waals surface area contributed by atoms with Crippen LogP contribution in [0.15, 0.2) is 11.8 Å². The Hall–Kier alpha value is -1.64. The topological polar surface area (TPSA) is 136 Å². The van der Waals surface area contributed by atoms with Crippen molar-refractivity contribution in [3.05, 3.63) is 11.8 Å². The van der Waals surface area contributed by atoms with E-state index in [2.05, 4.69) is 5.32 Å². The van der Waals surface area contributed by atoms with Crippen LogP contribution in [0.25, 0.3) is 0 Å². The van der Waals surface area contributed by atoms with Gasteiger partial charge in [0.05, 0.1) is 6.10 Å². The first-order valence-electron chi connectivity index (χ1n) is 8.75. The number of aliphatic hydroxyl groups excluding tert-OH is 3. The van der Waals surface area contributed by atoms with Gasteiger partial charge in [-0.15, -0.1) is 0 Å². The second kappa shape index (κ2) is 8.64. The van der Waals surface area contributed by atoms with Gasteiger partial charge in [-0.2, -0.15) is 0 Å². The molecule has 0 aromatic carbocycles. The van der Waals surface area contributed by atoms with Crippen molar-refractivity contribution < 1.29 is 34.8 Å². The molecule has 5 N–H and O–H groups in total. The minimum Gasteiger partial charge on any atom is -0.480 e. The second-order valence-corrected chi connectivity index (χ2v) is 6.91. The number of carbonyl (C=O) groups is 2. The summed E-state index contributed by atoms with van der Waals surface area (Å²) >= 11 is 0. The molecule has 142 valence electrons. The van der Waals surface area contributed by atoms with E-state index >= 15 is 0 Å². The minimum absolute atomic E-state index is 0.0636. The van der Waals surface area contributed by atoms with Crippen molar-refractivity contribution >= 4 is 11.9 Å².